The first kappa shape index (κ1) is 16.9. The molecule has 0 unspecified atom stereocenters. The third-order valence-corrected chi connectivity index (χ3v) is 2.79. The Kier molecular flexibility index (Phi) is 8.98. The van der Waals surface area contributed by atoms with Gasteiger partial charge in [-0.3, -0.25) is 0 Å². The lowest BCUT2D eigenvalue weighted by Gasteiger charge is -2.11. The second kappa shape index (κ2) is 10.6. The van der Waals surface area contributed by atoms with Crippen LogP contribution in [0.5, 0.6) is 5.75 Å². The SMILES string of the molecule is COCCCOCCOCc1cc(CO)ccc1OC. The number of benzene rings is 1. The van der Waals surface area contributed by atoms with Crippen molar-refractivity contribution in [3.05, 3.63) is 29.3 Å². The molecular formula is C15H24O5. The first-order valence-electron chi connectivity index (χ1n) is 6.73. The van der Waals surface area contributed by atoms with Gasteiger partial charge in [0.05, 0.1) is 33.5 Å². The van der Waals surface area contributed by atoms with Crippen molar-refractivity contribution in [1.29, 1.82) is 0 Å². The molecule has 0 saturated carbocycles. The highest BCUT2D eigenvalue weighted by molar-refractivity contribution is 5.36. The van der Waals surface area contributed by atoms with Gasteiger partial charge >= 0.3 is 0 Å². The lowest BCUT2D eigenvalue weighted by Crippen LogP contribution is -2.07. The van der Waals surface area contributed by atoms with Crippen molar-refractivity contribution in [3.63, 3.8) is 0 Å². The highest BCUT2D eigenvalue weighted by Crippen LogP contribution is 2.20. The first-order chi connectivity index (χ1) is 9.81. The van der Waals surface area contributed by atoms with Gasteiger partial charge in [0.15, 0.2) is 0 Å². The Morgan fingerprint density at radius 2 is 1.80 bits per heavy atom. The molecule has 0 radical (unpaired) electrons. The Morgan fingerprint density at radius 3 is 2.50 bits per heavy atom. The van der Waals surface area contributed by atoms with Crippen molar-refractivity contribution in [2.24, 2.45) is 0 Å². The zero-order chi connectivity index (χ0) is 14.6. The van der Waals surface area contributed by atoms with Crippen LogP contribution < -0.4 is 4.74 Å². The summed E-state index contributed by atoms with van der Waals surface area (Å²) < 4.78 is 21.1. The molecule has 0 aliphatic rings. The number of methoxy groups -OCH3 is 2. The van der Waals surface area contributed by atoms with Gasteiger partial charge in [-0.05, 0) is 24.1 Å². The Hall–Kier alpha value is -1.14. The quantitative estimate of drug-likeness (QED) is 0.627. The zero-order valence-electron chi connectivity index (χ0n) is 12.3. The second-order valence-electron chi connectivity index (χ2n) is 4.32. The molecule has 0 aromatic heterocycles. The summed E-state index contributed by atoms with van der Waals surface area (Å²) in [7, 11) is 3.30. The van der Waals surface area contributed by atoms with Crippen LogP contribution >= 0.6 is 0 Å². The topological polar surface area (TPSA) is 57.2 Å². The maximum absolute atomic E-state index is 9.13. The van der Waals surface area contributed by atoms with Crippen molar-refractivity contribution >= 4 is 0 Å². The number of rotatable bonds is 11. The molecule has 5 nitrogen and oxygen atoms in total. The largest absolute Gasteiger partial charge is 0.496 e. The highest BCUT2D eigenvalue weighted by Gasteiger charge is 2.04. The van der Waals surface area contributed by atoms with Crippen LogP contribution in [0.1, 0.15) is 17.5 Å². The average Bonchev–Trinajstić information content (AvgIpc) is 2.49. The predicted octanol–water partition coefficient (Wildman–Crippen LogP) is 1.76. The number of hydrogen-bond acceptors (Lipinski definition) is 5. The van der Waals surface area contributed by atoms with Crippen molar-refractivity contribution in [2.75, 3.05) is 40.6 Å². The number of aliphatic hydroxyl groups excluding tert-OH is 1. The average molecular weight is 284 g/mol. The van der Waals surface area contributed by atoms with E-state index in [1.165, 1.54) is 0 Å². The van der Waals surface area contributed by atoms with Crippen LogP contribution in [0.2, 0.25) is 0 Å². The highest BCUT2D eigenvalue weighted by atomic mass is 16.5. The van der Waals surface area contributed by atoms with Crippen molar-refractivity contribution in [2.45, 2.75) is 19.6 Å². The lowest BCUT2D eigenvalue weighted by atomic mass is 10.1. The zero-order valence-corrected chi connectivity index (χ0v) is 12.3. The second-order valence-corrected chi connectivity index (χ2v) is 4.32. The van der Waals surface area contributed by atoms with E-state index < -0.39 is 0 Å². The molecule has 1 N–H and O–H groups in total. The molecule has 20 heavy (non-hydrogen) atoms. The lowest BCUT2D eigenvalue weighted by molar-refractivity contribution is 0.0331. The molecule has 0 spiro atoms. The molecule has 0 heterocycles. The summed E-state index contributed by atoms with van der Waals surface area (Å²) in [6.45, 7) is 2.94. The summed E-state index contributed by atoms with van der Waals surface area (Å²) in [5, 5.41) is 9.13. The maximum Gasteiger partial charge on any atom is 0.124 e. The van der Waals surface area contributed by atoms with Crippen molar-refractivity contribution in [1.82, 2.24) is 0 Å². The van der Waals surface area contributed by atoms with E-state index in [-0.39, 0.29) is 6.61 Å². The van der Waals surface area contributed by atoms with Crippen LogP contribution in [0.15, 0.2) is 18.2 Å². The predicted molar refractivity (Wildman–Crippen MR) is 75.9 cm³/mol. The molecular weight excluding hydrogens is 260 g/mol. The maximum atomic E-state index is 9.13. The minimum Gasteiger partial charge on any atom is -0.496 e. The summed E-state index contributed by atoms with van der Waals surface area (Å²) in [5.74, 6) is 0.767. The third-order valence-electron chi connectivity index (χ3n) is 2.79. The molecule has 114 valence electrons. The number of hydrogen-bond donors (Lipinski definition) is 1. The normalized spacial score (nSPS) is 10.8. The number of aliphatic hydroxyl groups is 1. The van der Waals surface area contributed by atoms with Gasteiger partial charge in [0, 0.05) is 25.9 Å². The van der Waals surface area contributed by atoms with E-state index in [1.807, 2.05) is 18.2 Å². The van der Waals surface area contributed by atoms with Gasteiger partial charge in [-0.1, -0.05) is 6.07 Å². The summed E-state index contributed by atoms with van der Waals surface area (Å²) in [6.07, 6.45) is 0.892. The molecule has 0 atom stereocenters. The van der Waals surface area contributed by atoms with Gasteiger partial charge in [-0.15, -0.1) is 0 Å². The molecule has 0 fully saturated rings. The molecule has 0 bridgehead atoms. The Labute approximate surface area is 120 Å². The van der Waals surface area contributed by atoms with Crippen LogP contribution in [0, 0.1) is 0 Å². The van der Waals surface area contributed by atoms with E-state index in [0.29, 0.717) is 33.0 Å². The van der Waals surface area contributed by atoms with Crippen molar-refractivity contribution in [3.8, 4) is 5.75 Å². The van der Waals surface area contributed by atoms with E-state index >= 15 is 0 Å². The van der Waals surface area contributed by atoms with Gasteiger partial charge in [0.25, 0.3) is 0 Å². The molecule has 1 aromatic carbocycles. The monoisotopic (exact) mass is 284 g/mol. The van der Waals surface area contributed by atoms with Gasteiger partial charge in [-0.25, -0.2) is 0 Å². The molecule has 0 aliphatic carbocycles. The van der Waals surface area contributed by atoms with Gasteiger partial charge in [-0.2, -0.15) is 0 Å². The van der Waals surface area contributed by atoms with Crippen LogP contribution in [0.4, 0.5) is 0 Å². The Bertz CT molecular complexity index is 367. The van der Waals surface area contributed by atoms with E-state index in [4.69, 9.17) is 24.1 Å². The van der Waals surface area contributed by atoms with E-state index in [0.717, 1.165) is 23.3 Å². The van der Waals surface area contributed by atoms with Gasteiger partial charge < -0.3 is 24.1 Å². The van der Waals surface area contributed by atoms with E-state index in [9.17, 15) is 0 Å². The van der Waals surface area contributed by atoms with E-state index in [1.54, 1.807) is 14.2 Å². The molecule has 5 heteroatoms. The minimum atomic E-state index is 0.0135. The summed E-state index contributed by atoms with van der Waals surface area (Å²) in [6, 6.07) is 5.56. The fraction of sp³-hybridized carbons (Fsp3) is 0.600. The third kappa shape index (κ3) is 6.34. The molecule has 0 amide bonds. The fourth-order valence-electron chi connectivity index (χ4n) is 1.75. The number of ether oxygens (including phenoxy) is 4. The van der Waals surface area contributed by atoms with E-state index in [2.05, 4.69) is 0 Å². The first-order valence-corrected chi connectivity index (χ1v) is 6.73. The summed E-state index contributed by atoms with van der Waals surface area (Å²) in [4.78, 5) is 0. The smallest absolute Gasteiger partial charge is 0.124 e. The summed E-state index contributed by atoms with van der Waals surface area (Å²) >= 11 is 0. The van der Waals surface area contributed by atoms with Gasteiger partial charge in [0.1, 0.15) is 5.75 Å². The standard InChI is InChI=1S/C15H24O5/c1-17-6-3-7-19-8-9-20-12-14-10-13(11-16)4-5-15(14)18-2/h4-5,10,16H,3,6-9,11-12H2,1-2H3. The molecule has 1 aromatic rings. The Morgan fingerprint density at radius 1 is 1.00 bits per heavy atom. The van der Waals surface area contributed by atoms with Gasteiger partial charge in [0.2, 0.25) is 0 Å². The molecule has 0 aliphatic heterocycles. The van der Waals surface area contributed by atoms with Crippen LogP contribution in [0.25, 0.3) is 0 Å². The molecule has 0 saturated heterocycles. The molecule has 1 rings (SSSR count). The fourth-order valence-corrected chi connectivity index (χ4v) is 1.75. The van der Waals surface area contributed by atoms with Crippen molar-refractivity contribution < 1.29 is 24.1 Å². The van der Waals surface area contributed by atoms with Crippen LogP contribution in [-0.4, -0.2) is 45.8 Å². The van der Waals surface area contributed by atoms with Crippen LogP contribution in [-0.2, 0) is 27.4 Å². The summed E-state index contributed by atoms with van der Waals surface area (Å²) in [5.41, 5.74) is 1.78. The minimum absolute atomic E-state index is 0.0135. The van der Waals surface area contributed by atoms with Crippen LogP contribution in [0.3, 0.4) is 0 Å². The Balaban J connectivity index is 2.24.